The summed E-state index contributed by atoms with van der Waals surface area (Å²) in [4.78, 5) is 0. The fourth-order valence-corrected chi connectivity index (χ4v) is 3.51. The molecule has 1 rings (SSSR count). The molecule has 0 aromatic rings. The van der Waals surface area contributed by atoms with Crippen molar-refractivity contribution >= 4 is 11.8 Å². The Morgan fingerprint density at radius 1 is 1.27 bits per heavy atom. The minimum atomic E-state index is 0.403. The fraction of sp³-hybridized carbons (Fsp3) is 1.00. The van der Waals surface area contributed by atoms with Gasteiger partial charge in [-0.15, -0.1) is 0 Å². The number of hydrogen-bond donors (Lipinski definition) is 1. The van der Waals surface area contributed by atoms with Crippen LogP contribution in [0.2, 0.25) is 0 Å². The van der Waals surface area contributed by atoms with Crippen LogP contribution in [-0.2, 0) is 0 Å². The van der Waals surface area contributed by atoms with Crippen molar-refractivity contribution in [3.63, 3.8) is 0 Å². The SMILES string of the molecule is CCNC(CC1CCSCC1)C(C)(C)C. The van der Waals surface area contributed by atoms with Crippen LogP contribution < -0.4 is 5.32 Å². The van der Waals surface area contributed by atoms with Crippen LogP contribution in [-0.4, -0.2) is 24.1 Å². The number of rotatable bonds is 4. The third kappa shape index (κ3) is 4.78. The first kappa shape index (κ1) is 13.4. The molecule has 2 heteroatoms. The second-order valence-electron chi connectivity index (χ2n) is 5.77. The van der Waals surface area contributed by atoms with E-state index < -0.39 is 0 Å². The summed E-state index contributed by atoms with van der Waals surface area (Å²) in [5, 5.41) is 3.66. The lowest BCUT2D eigenvalue weighted by Gasteiger charge is -2.35. The summed E-state index contributed by atoms with van der Waals surface area (Å²) in [5.74, 6) is 3.73. The molecule has 0 bridgehead atoms. The summed E-state index contributed by atoms with van der Waals surface area (Å²) < 4.78 is 0. The zero-order valence-electron chi connectivity index (χ0n) is 10.8. The van der Waals surface area contributed by atoms with Gasteiger partial charge in [0.2, 0.25) is 0 Å². The molecule has 0 radical (unpaired) electrons. The first-order valence-corrected chi connectivity index (χ1v) is 7.50. The molecule has 1 fully saturated rings. The van der Waals surface area contributed by atoms with Crippen LogP contribution in [0.1, 0.15) is 47.0 Å². The van der Waals surface area contributed by atoms with Gasteiger partial charge in [-0.05, 0) is 48.6 Å². The Morgan fingerprint density at radius 2 is 1.87 bits per heavy atom. The molecule has 1 aliphatic heterocycles. The number of hydrogen-bond acceptors (Lipinski definition) is 2. The van der Waals surface area contributed by atoms with E-state index in [0.717, 1.165) is 12.5 Å². The van der Waals surface area contributed by atoms with Crippen molar-refractivity contribution in [2.24, 2.45) is 11.3 Å². The molecule has 0 aliphatic carbocycles. The van der Waals surface area contributed by atoms with Gasteiger partial charge in [0, 0.05) is 6.04 Å². The molecule has 0 aromatic heterocycles. The van der Waals surface area contributed by atoms with Gasteiger partial charge in [0.15, 0.2) is 0 Å². The van der Waals surface area contributed by atoms with Crippen molar-refractivity contribution in [2.45, 2.75) is 53.0 Å². The number of thioether (sulfide) groups is 1. The van der Waals surface area contributed by atoms with E-state index >= 15 is 0 Å². The van der Waals surface area contributed by atoms with Crippen molar-refractivity contribution in [3.05, 3.63) is 0 Å². The van der Waals surface area contributed by atoms with Gasteiger partial charge in [0.25, 0.3) is 0 Å². The zero-order valence-corrected chi connectivity index (χ0v) is 11.6. The molecule has 90 valence electrons. The minimum Gasteiger partial charge on any atom is -0.314 e. The summed E-state index contributed by atoms with van der Waals surface area (Å²) in [7, 11) is 0. The van der Waals surface area contributed by atoms with E-state index in [0.29, 0.717) is 11.5 Å². The predicted molar refractivity (Wildman–Crippen MR) is 71.6 cm³/mol. The Bertz CT molecular complexity index is 168. The van der Waals surface area contributed by atoms with E-state index in [2.05, 4.69) is 44.8 Å². The highest BCUT2D eigenvalue weighted by Crippen LogP contribution is 2.31. The van der Waals surface area contributed by atoms with E-state index in [9.17, 15) is 0 Å². The molecule has 1 atom stereocenters. The zero-order chi connectivity index (χ0) is 11.3. The summed E-state index contributed by atoms with van der Waals surface area (Å²) >= 11 is 2.13. The quantitative estimate of drug-likeness (QED) is 0.791. The lowest BCUT2D eigenvalue weighted by Crippen LogP contribution is -2.42. The van der Waals surface area contributed by atoms with Crippen LogP contribution in [0, 0.1) is 11.3 Å². The molecule has 1 heterocycles. The standard InChI is InChI=1S/C13H27NS/c1-5-14-12(13(2,3)4)10-11-6-8-15-9-7-11/h11-12,14H,5-10H2,1-4H3. The lowest BCUT2D eigenvalue weighted by atomic mass is 9.80. The van der Waals surface area contributed by atoms with Gasteiger partial charge in [0.1, 0.15) is 0 Å². The molecule has 1 aliphatic rings. The van der Waals surface area contributed by atoms with Gasteiger partial charge < -0.3 is 5.32 Å². The monoisotopic (exact) mass is 229 g/mol. The molecule has 0 amide bonds. The van der Waals surface area contributed by atoms with Crippen molar-refractivity contribution in [1.82, 2.24) is 5.32 Å². The highest BCUT2D eigenvalue weighted by molar-refractivity contribution is 7.99. The van der Waals surface area contributed by atoms with Gasteiger partial charge in [-0.2, -0.15) is 11.8 Å². The fourth-order valence-electron chi connectivity index (χ4n) is 2.30. The van der Waals surface area contributed by atoms with E-state index in [1.165, 1.54) is 30.8 Å². The van der Waals surface area contributed by atoms with Gasteiger partial charge >= 0.3 is 0 Å². The maximum atomic E-state index is 3.66. The molecular weight excluding hydrogens is 202 g/mol. The van der Waals surface area contributed by atoms with Crippen LogP contribution >= 0.6 is 11.8 Å². The molecule has 1 nitrogen and oxygen atoms in total. The molecular formula is C13H27NS. The summed E-state index contributed by atoms with van der Waals surface area (Å²) in [6.07, 6.45) is 4.24. The highest BCUT2D eigenvalue weighted by Gasteiger charge is 2.27. The Hall–Kier alpha value is 0.310. The van der Waals surface area contributed by atoms with Crippen molar-refractivity contribution in [1.29, 1.82) is 0 Å². The lowest BCUT2D eigenvalue weighted by molar-refractivity contribution is 0.222. The first-order chi connectivity index (χ1) is 7.04. The van der Waals surface area contributed by atoms with Gasteiger partial charge in [-0.25, -0.2) is 0 Å². The van der Waals surface area contributed by atoms with Crippen LogP contribution in [0.25, 0.3) is 0 Å². The topological polar surface area (TPSA) is 12.0 Å². The normalized spacial score (nSPS) is 21.6. The van der Waals surface area contributed by atoms with Gasteiger partial charge in [-0.3, -0.25) is 0 Å². The number of nitrogens with one attached hydrogen (secondary N) is 1. The predicted octanol–water partition coefficient (Wildman–Crippen LogP) is 3.54. The third-order valence-electron chi connectivity index (χ3n) is 3.41. The second-order valence-corrected chi connectivity index (χ2v) is 6.99. The van der Waals surface area contributed by atoms with Crippen LogP contribution in [0.4, 0.5) is 0 Å². The summed E-state index contributed by atoms with van der Waals surface area (Å²) in [5.41, 5.74) is 0.403. The molecule has 0 spiro atoms. The second kappa shape index (κ2) is 6.15. The smallest absolute Gasteiger partial charge is 0.0118 e. The summed E-state index contributed by atoms with van der Waals surface area (Å²) in [6.45, 7) is 10.4. The van der Waals surface area contributed by atoms with Gasteiger partial charge in [-0.1, -0.05) is 27.7 Å². The van der Waals surface area contributed by atoms with E-state index in [1.54, 1.807) is 0 Å². The van der Waals surface area contributed by atoms with Crippen LogP contribution in [0.3, 0.4) is 0 Å². The maximum Gasteiger partial charge on any atom is 0.0118 e. The van der Waals surface area contributed by atoms with Crippen LogP contribution in [0.5, 0.6) is 0 Å². The maximum absolute atomic E-state index is 3.66. The average molecular weight is 229 g/mol. The molecule has 0 saturated carbocycles. The Balaban J connectivity index is 2.42. The van der Waals surface area contributed by atoms with Crippen molar-refractivity contribution < 1.29 is 0 Å². The van der Waals surface area contributed by atoms with E-state index in [4.69, 9.17) is 0 Å². The van der Waals surface area contributed by atoms with E-state index in [1.807, 2.05) is 0 Å². The Kier molecular flexibility index (Phi) is 5.48. The molecule has 1 unspecified atom stereocenters. The molecule has 0 aromatic carbocycles. The first-order valence-electron chi connectivity index (χ1n) is 6.35. The van der Waals surface area contributed by atoms with Crippen LogP contribution in [0.15, 0.2) is 0 Å². The Morgan fingerprint density at radius 3 is 2.33 bits per heavy atom. The highest BCUT2D eigenvalue weighted by atomic mass is 32.2. The van der Waals surface area contributed by atoms with E-state index in [-0.39, 0.29) is 0 Å². The molecule has 1 saturated heterocycles. The molecule has 15 heavy (non-hydrogen) atoms. The van der Waals surface area contributed by atoms with Crippen molar-refractivity contribution in [3.8, 4) is 0 Å². The molecule has 1 N–H and O–H groups in total. The Labute approximate surface area is 99.8 Å². The van der Waals surface area contributed by atoms with Gasteiger partial charge in [0.05, 0.1) is 0 Å². The minimum absolute atomic E-state index is 0.403. The average Bonchev–Trinajstić information content (AvgIpc) is 2.17. The largest absolute Gasteiger partial charge is 0.314 e. The third-order valence-corrected chi connectivity index (χ3v) is 4.45. The van der Waals surface area contributed by atoms with Crippen molar-refractivity contribution in [2.75, 3.05) is 18.1 Å². The summed E-state index contributed by atoms with van der Waals surface area (Å²) in [6, 6.07) is 0.690.